The van der Waals surface area contributed by atoms with Crippen LogP contribution in [0.15, 0.2) is 53.0 Å². The van der Waals surface area contributed by atoms with E-state index in [1.807, 2.05) is 35.0 Å². The summed E-state index contributed by atoms with van der Waals surface area (Å²) in [5.74, 6) is 1.95. The highest BCUT2D eigenvalue weighted by atomic mass is 79.9. The Labute approximate surface area is 156 Å². The molecule has 0 fully saturated rings. The largest absolute Gasteiger partial charge is 0.497 e. The van der Waals surface area contributed by atoms with Gasteiger partial charge in [-0.2, -0.15) is 5.10 Å². The molecule has 3 aromatic rings. The zero-order valence-electron chi connectivity index (χ0n) is 14.1. The van der Waals surface area contributed by atoms with Crippen molar-refractivity contribution in [1.29, 1.82) is 0 Å². The van der Waals surface area contributed by atoms with E-state index in [9.17, 15) is 0 Å². The van der Waals surface area contributed by atoms with Gasteiger partial charge in [-0.1, -0.05) is 24.3 Å². The van der Waals surface area contributed by atoms with Crippen LogP contribution >= 0.6 is 15.9 Å². The molecule has 4 nitrogen and oxygen atoms in total. The minimum absolute atomic E-state index is 0.850. The first-order valence-corrected chi connectivity index (χ1v) is 9.32. The molecule has 0 unspecified atom stereocenters. The number of hydrogen-bond donors (Lipinski definition) is 1. The number of halogens is 1. The number of ether oxygens (including phenoxy) is 1. The van der Waals surface area contributed by atoms with Crippen molar-refractivity contribution in [3.8, 4) is 22.7 Å². The van der Waals surface area contributed by atoms with Crippen LogP contribution in [0.4, 0.5) is 5.82 Å². The van der Waals surface area contributed by atoms with Gasteiger partial charge in [0.2, 0.25) is 0 Å². The Kier molecular flexibility index (Phi) is 4.49. The molecule has 1 aliphatic rings. The van der Waals surface area contributed by atoms with E-state index in [-0.39, 0.29) is 0 Å². The third-order valence-corrected chi connectivity index (χ3v) is 5.22. The van der Waals surface area contributed by atoms with Crippen LogP contribution in [0, 0.1) is 0 Å². The van der Waals surface area contributed by atoms with Crippen molar-refractivity contribution in [2.45, 2.75) is 19.3 Å². The number of para-hydroxylation sites is 1. The second kappa shape index (κ2) is 6.92. The lowest BCUT2D eigenvalue weighted by Crippen LogP contribution is -2.07. The van der Waals surface area contributed by atoms with Crippen molar-refractivity contribution in [2.75, 3.05) is 19.0 Å². The van der Waals surface area contributed by atoms with Gasteiger partial charge in [0.15, 0.2) is 0 Å². The van der Waals surface area contributed by atoms with E-state index in [1.165, 1.54) is 18.4 Å². The number of methoxy groups -OCH3 is 1. The lowest BCUT2D eigenvalue weighted by atomic mass is 10.0. The summed E-state index contributed by atoms with van der Waals surface area (Å²) in [5, 5.41) is 8.57. The van der Waals surface area contributed by atoms with Gasteiger partial charge in [0.1, 0.15) is 11.6 Å². The minimum Gasteiger partial charge on any atom is -0.497 e. The molecule has 0 saturated carbocycles. The van der Waals surface area contributed by atoms with Gasteiger partial charge in [-0.3, -0.25) is 0 Å². The molecule has 0 saturated heterocycles. The monoisotopic (exact) mass is 397 g/mol. The second-order valence-electron chi connectivity index (χ2n) is 6.15. The zero-order valence-corrected chi connectivity index (χ0v) is 15.7. The van der Waals surface area contributed by atoms with Crippen LogP contribution in [0.25, 0.3) is 16.9 Å². The molecule has 0 bridgehead atoms. The standard InChI is InChI=1S/C20H20BrN3O/c1-25-15-8-6-7-14(13-15)19-16-9-4-5-12-22-20(16)24(23-19)18-11-3-2-10-17(18)21/h2-3,6-8,10-11,13,22H,4-5,9,12H2,1H3. The number of rotatable bonds is 3. The molecule has 1 aliphatic heterocycles. The van der Waals surface area contributed by atoms with Crippen LogP contribution in [0.2, 0.25) is 0 Å². The highest BCUT2D eigenvalue weighted by molar-refractivity contribution is 9.10. The number of nitrogens with zero attached hydrogens (tertiary/aromatic N) is 2. The van der Waals surface area contributed by atoms with Gasteiger partial charge in [0.05, 0.1) is 18.5 Å². The molecule has 5 heteroatoms. The van der Waals surface area contributed by atoms with Crippen LogP contribution in [0.3, 0.4) is 0 Å². The first kappa shape index (κ1) is 16.2. The fourth-order valence-electron chi connectivity index (χ4n) is 3.30. The number of hydrogen-bond acceptors (Lipinski definition) is 3. The van der Waals surface area contributed by atoms with Crippen molar-refractivity contribution in [1.82, 2.24) is 9.78 Å². The summed E-state index contributed by atoms with van der Waals surface area (Å²) in [6, 6.07) is 16.3. The summed E-state index contributed by atoms with van der Waals surface area (Å²) < 4.78 is 8.46. The molecular weight excluding hydrogens is 378 g/mol. The molecule has 0 amide bonds. The van der Waals surface area contributed by atoms with E-state index in [4.69, 9.17) is 9.84 Å². The van der Waals surface area contributed by atoms with Crippen molar-refractivity contribution >= 4 is 21.7 Å². The lowest BCUT2D eigenvalue weighted by molar-refractivity contribution is 0.415. The average molecular weight is 398 g/mol. The highest BCUT2D eigenvalue weighted by Gasteiger charge is 2.22. The fraction of sp³-hybridized carbons (Fsp3) is 0.250. The van der Waals surface area contributed by atoms with Crippen LogP contribution < -0.4 is 10.1 Å². The van der Waals surface area contributed by atoms with Gasteiger partial charge >= 0.3 is 0 Å². The highest BCUT2D eigenvalue weighted by Crippen LogP contribution is 2.36. The number of nitrogens with one attached hydrogen (secondary N) is 1. The minimum atomic E-state index is 0.850. The predicted octanol–water partition coefficient (Wildman–Crippen LogP) is 5.06. The van der Waals surface area contributed by atoms with E-state index in [2.05, 4.69) is 39.4 Å². The SMILES string of the molecule is COc1cccc(-c2nn(-c3ccccc3Br)c3c2CCCCN3)c1. The molecule has 0 radical (unpaired) electrons. The molecule has 0 atom stereocenters. The van der Waals surface area contributed by atoms with Gasteiger partial charge in [-0.25, -0.2) is 4.68 Å². The zero-order chi connectivity index (χ0) is 17.2. The summed E-state index contributed by atoms with van der Waals surface area (Å²) in [6.07, 6.45) is 3.36. The summed E-state index contributed by atoms with van der Waals surface area (Å²) in [6.45, 7) is 0.973. The Morgan fingerprint density at radius 2 is 2.00 bits per heavy atom. The topological polar surface area (TPSA) is 39.1 Å². The molecule has 1 N–H and O–H groups in total. The number of aromatic nitrogens is 2. The van der Waals surface area contributed by atoms with Crippen LogP contribution in [0.1, 0.15) is 18.4 Å². The average Bonchev–Trinajstić information content (AvgIpc) is 2.83. The van der Waals surface area contributed by atoms with E-state index in [1.54, 1.807) is 7.11 Å². The van der Waals surface area contributed by atoms with E-state index < -0.39 is 0 Å². The Morgan fingerprint density at radius 1 is 1.12 bits per heavy atom. The molecular formula is C20H20BrN3O. The smallest absolute Gasteiger partial charge is 0.133 e. The van der Waals surface area contributed by atoms with Gasteiger partial charge in [0, 0.05) is 22.1 Å². The maximum Gasteiger partial charge on any atom is 0.133 e. The first-order chi connectivity index (χ1) is 12.3. The molecule has 0 spiro atoms. The molecule has 0 aliphatic carbocycles. The number of benzene rings is 2. The van der Waals surface area contributed by atoms with Crippen LogP contribution in [-0.2, 0) is 6.42 Å². The lowest BCUT2D eigenvalue weighted by Gasteiger charge is -2.10. The van der Waals surface area contributed by atoms with Gasteiger partial charge in [-0.05, 0) is 59.5 Å². The van der Waals surface area contributed by atoms with E-state index >= 15 is 0 Å². The van der Waals surface area contributed by atoms with E-state index in [0.29, 0.717) is 0 Å². The van der Waals surface area contributed by atoms with Crippen molar-refractivity contribution in [3.63, 3.8) is 0 Å². The normalized spacial score (nSPS) is 13.7. The summed E-state index contributed by atoms with van der Waals surface area (Å²) in [5.41, 5.74) is 4.44. The van der Waals surface area contributed by atoms with E-state index in [0.717, 1.165) is 46.0 Å². The number of anilines is 1. The van der Waals surface area contributed by atoms with Gasteiger partial charge in [-0.15, -0.1) is 0 Å². The number of fused-ring (bicyclic) bond motifs is 1. The van der Waals surface area contributed by atoms with Gasteiger partial charge < -0.3 is 10.1 Å². The predicted molar refractivity (Wildman–Crippen MR) is 105 cm³/mol. The maximum atomic E-state index is 5.40. The van der Waals surface area contributed by atoms with Crippen molar-refractivity contribution in [3.05, 3.63) is 58.6 Å². The Bertz CT molecular complexity index is 904. The van der Waals surface area contributed by atoms with Crippen LogP contribution in [-0.4, -0.2) is 23.4 Å². The first-order valence-electron chi connectivity index (χ1n) is 8.53. The molecule has 25 heavy (non-hydrogen) atoms. The maximum absolute atomic E-state index is 5.40. The quantitative estimate of drug-likeness (QED) is 0.671. The third kappa shape index (κ3) is 3.04. The van der Waals surface area contributed by atoms with Crippen molar-refractivity contribution in [2.24, 2.45) is 0 Å². The van der Waals surface area contributed by atoms with Crippen LogP contribution in [0.5, 0.6) is 5.75 Å². The molecule has 2 heterocycles. The molecule has 128 valence electrons. The summed E-state index contributed by atoms with van der Waals surface area (Å²) >= 11 is 3.66. The molecule has 2 aromatic carbocycles. The van der Waals surface area contributed by atoms with Gasteiger partial charge in [0.25, 0.3) is 0 Å². The Balaban J connectivity index is 1.92. The molecule has 1 aromatic heterocycles. The Morgan fingerprint density at radius 3 is 2.84 bits per heavy atom. The summed E-state index contributed by atoms with van der Waals surface area (Å²) in [7, 11) is 1.70. The summed E-state index contributed by atoms with van der Waals surface area (Å²) in [4.78, 5) is 0. The van der Waals surface area contributed by atoms with Crippen molar-refractivity contribution < 1.29 is 4.74 Å². The molecule has 4 rings (SSSR count). The Hall–Kier alpha value is -2.27. The second-order valence-corrected chi connectivity index (χ2v) is 7.01. The third-order valence-electron chi connectivity index (χ3n) is 4.55. The fourth-order valence-corrected chi connectivity index (χ4v) is 3.76.